The molecule has 0 bridgehead atoms. The van der Waals surface area contributed by atoms with E-state index >= 15 is 0 Å². The van der Waals surface area contributed by atoms with Crippen LogP contribution < -0.4 is 0 Å². The van der Waals surface area contributed by atoms with Crippen LogP contribution in [0.1, 0.15) is 11.1 Å². The smallest absolute Gasteiger partial charge is 0.200 e. The summed E-state index contributed by atoms with van der Waals surface area (Å²) in [5, 5.41) is 17.5. The summed E-state index contributed by atoms with van der Waals surface area (Å²) < 4.78 is 66.6. The molecule has 2 aromatic rings. The van der Waals surface area contributed by atoms with E-state index in [-0.39, 0.29) is 11.1 Å². The van der Waals surface area contributed by atoms with Crippen molar-refractivity contribution in [2.75, 3.05) is 0 Å². The Morgan fingerprint density at radius 2 is 1.00 bits per heavy atom. The van der Waals surface area contributed by atoms with Gasteiger partial charge in [0.15, 0.2) is 23.3 Å². The molecule has 0 aliphatic carbocycles. The van der Waals surface area contributed by atoms with E-state index in [2.05, 4.69) is 0 Å². The first-order valence-electron chi connectivity index (χ1n) is 5.37. The molecule has 0 amide bonds. The highest BCUT2D eigenvalue weighted by Crippen LogP contribution is 2.32. The van der Waals surface area contributed by atoms with Crippen LogP contribution in [0.2, 0.25) is 0 Å². The van der Waals surface area contributed by atoms with E-state index in [0.717, 1.165) is 18.2 Å². The predicted octanol–water partition coefficient (Wildman–Crippen LogP) is 3.79. The molecule has 0 atom stereocenters. The van der Waals surface area contributed by atoms with Crippen LogP contribution in [-0.2, 0) is 0 Å². The zero-order chi connectivity index (χ0) is 15.7. The fourth-order valence-electron chi connectivity index (χ4n) is 1.76. The topological polar surface area (TPSA) is 47.6 Å². The highest BCUT2D eigenvalue weighted by atomic mass is 19.2. The number of nitriles is 2. The van der Waals surface area contributed by atoms with Crippen molar-refractivity contribution in [3.63, 3.8) is 0 Å². The maximum Gasteiger partial charge on any atom is 0.200 e. The SMILES string of the molecule is N#Cc1cc(C#N)cc(-c2c(F)c(F)c(F)c(F)c2F)c1. The fraction of sp³-hybridized carbons (Fsp3) is 0. The van der Waals surface area contributed by atoms with Crippen molar-refractivity contribution in [1.29, 1.82) is 10.5 Å². The molecule has 2 rings (SSSR count). The molecule has 2 aromatic carbocycles. The van der Waals surface area contributed by atoms with Gasteiger partial charge in [0.25, 0.3) is 0 Å². The lowest BCUT2D eigenvalue weighted by Gasteiger charge is -2.09. The first kappa shape index (κ1) is 14.5. The van der Waals surface area contributed by atoms with Crippen LogP contribution in [0.15, 0.2) is 18.2 Å². The van der Waals surface area contributed by atoms with E-state index in [1.807, 2.05) is 0 Å². The van der Waals surface area contributed by atoms with Crippen molar-refractivity contribution in [3.05, 3.63) is 58.4 Å². The molecule has 7 heteroatoms. The summed E-state index contributed by atoms with van der Waals surface area (Å²) in [6.07, 6.45) is 0. The summed E-state index contributed by atoms with van der Waals surface area (Å²) in [5.74, 6) is -10.5. The van der Waals surface area contributed by atoms with E-state index in [1.54, 1.807) is 12.1 Å². The normalized spacial score (nSPS) is 10.0. The summed E-state index contributed by atoms with van der Waals surface area (Å²) in [4.78, 5) is 0. The second kappa shape index (κ2) is 5.22. The van der Waals surface area contributed by atoms with Gasteiger partial charge in [-0.2, -0.15) is 10.5 Å². The summed E-state index contributed by atoms with van der Waals surface area (Å²) >= 11 is 0. The van der Waals surface area contributed by atoms with Crippen molar-refractivity contribution in [2.24, 2.45) is 0 Å². The van der Waals surface area contributed by atoms with Crippen LogP contribution in [0.4, 0.5) is 22.0 Å². The van der Waals surface area contributed by atoms with Gasteiger partial charge < -0.3 is 0 Å². The van der Waals surface area contributed by atoms with Crippen molar-refractivity contribution in [1.82, 2.24) is 0 Å². The highest BCUT2D eigenvalue weighted by Gasteiger charge is 2.26. The van der Waals surface area contributed by atoms with Gasteiger partial charge in [-0.3, -0.25) is 0 Å². The first-order valence-corrected chi connectivity index (χ1v) is 5.37. The minimum Gasteiger partial charge on any atom is -0.203 e. The molecule has 0 aliphatic heterocycles. The zero-order valence-electron chi connectivity index (χ0n) is 10.0. The first-order chi connectivity index (χ1) is 9.90. The largest absolute Gasteiger partial charge is 0.203 e. The van der Waals surface area contributed by atoms with E-state index < -0.39 is 40.2 Å². The number of nitrogens with zero attached hydrogens (tertiary/aromatic N) is 2. The summed E-state index contributed by atoms with van der Waals surface area (Å²) in [6, 6.07) is 6.25. The molecule has 0 spiro atoms. The van der Waals surface area contributed by atoms with Crippen LogP contribution in [0.5, 0.6) is 0 Å². The minimum atomic E-state index is -2.27. The molecular weight excluding hydrogens is 291 g/mol. The molecule has 0 saturated heterocycles. The molecule has 0 heterocycles. The molecule has 0 N–H and O–H groups in total. The summed E-state index contributed by atoms with van der Waals surface area (Å²) in [6.45, 7) is 0. The third-order valence-electron chi connectivity index (χ3n) is 2.69. The monoisotopic (exact) mass is 294 g/mol. The summed E-state index contributed by atoms with van der Waals surface area (Å²) in [5.41, 5.74) is -1.92. The number of benzene rings is 2. The van der Waals surface area contributed by atoms with Crippen molar-refractivity contribution in [2.45, 2.75) is 0 Å². The van der Waals surface area contributed by atoms with Crippen LogP contribution in [0.3, 0.4) is 0 Å². The Morgan fingerprint density at radius 3 is 1.38 bits per heavy atom. The molecule has 0 saturated carbocycles. The average Bonchev–Trinajstić information content (AvgIpc) is 2.50. The van der Waals surface area contributed by atoms with Gasteiger partial charge in [-0.05, 0) is 23.8 Å². The maximum atomic E-state index is 13.7. The molecule has 21 heavy (non-hydrogen) atoms. The van der Waals surface area contributed by atoms with Crippen molar-refractivity contribution in [3.8, 4) is 23.3 Å². The van der Waals surface area contributed by atoms with Crippen LogP contribution in [0, 0.1) is 51.7 Å². The van der Waals surface area contributed by atoms with Gasteiger partial charge >= 0.3 is 0 Å². The van der Waals surface area contributed by atoms with Crippen LogP contribution in [-0.4, -0.2) is 0 Å². The Morgan fingerprint density at radius 1 is 0.619 bits per heavy atom. The van der Waals surface area contributed by atoms with Gasteiger partial charge in [0, 0.05) is 0 Å². The van der Waals surface area contributed by atoms with Gasteiger partial charge in [0.05, 0.1) is 28.8 Å². The van der Waals surface area contributed by atoms with Crippen molar-refractivity contribution >= 4 is 0 Å². The summed E-state index contributed by atoms with van der Waals surface area (Å²) in [7, 11) is 0. The molecule has 0 fully saturated rings. The van der Waals surface area contributed by atoms with Crippen LogP contribution >= 0.6 is 0 Å². The lowest BCUT2D eigenvalue weighted by molar-refractivity contribution is 0.381. The number of hydrogen-bond donors (Lipinski definition) is 0. The molecule has 0 radical (unpaired) electrons. The van der Waals surface area contributed by atoms with Gasteiger partial charge in [-0.15, -0.1) is 0 Å². The molecule has 0 unspecified atom stereocenters. The van der Waals surface area contributed by atoms with Gasteiger partial charge in [0.2, 0.25) is 5.82 Å². The second-order valence-electron chi connectivity index (χ2n) is 3.97. The fourth-order valence-corrected chi connectivity index (χ4v) is 1.76. The molecule has 104 valence electrons. The van der Waals surface area contributed by atoms with E-state index in [4.69, 9.17) is 10.5 Å². The second-order valence-corrected chi connectivity index (χ2v) is 3.97. The van der Waals surface area contributed by atoms with Crippen LogP contribution in [0.25, 0.3) is 11.1 Å². The van der Waals surface area contributed by atoms with Gasteiger partial charge in [-0.1, -0.05) is 0 Å². The number of hydrogen-bond acceptors (Lipinski definition) is 2. The zero-order valence-corrected chi connectivity index (χ0v) is 10.0. The number of halogens is 5. The van der Waals surface area contributed by atoms with E-state index in [9.17, 15) is 22.0 Å². The van der Waals surface area contributed by atoms with Gasteiger partial charge in [0.1, 0.15) is 0 Å². The Kier molecular flexibility index (Phi) is 3.60. The Balaban J connectivity index is 2.86. The third-order valence-corrected chi connectivity index (χ3v) is 2.69. The molecule has 0 aromatic heterocycles. The Labute approximate surface area is 115 Å². The van der Waals surface area contributed by atoms with Gasteiger partial charge in [-0.25, -0.2) is 22.0 Å². The lowest BCUT2D eigenvalue weighted by atomic mass is 9.99. The molecule has 2 nitrogen and oxygen atoms in total. The average molecular weight is 294 g/mol. The quantitative estimate of drug-likeness (QED) is 0.456. The predicted molar refractivity (Wildman–Crippen MR) is 61.1 cm³/mol. The Hall–Kier alpha value is -2.93. The maximum absolute atomic E-state index is 13.7. The van der Waals surface area contributed by atoms with Crippen molar-refractivity contribution < 1.29 is 22.0 Å². The standard InChI is InChI=1S/C14H3F5N2/c15-10-9(11(16)13(18)14(19)12(10)17)8-2-6(4-20)1-7(3-8)5-21/h1-3H. The lowest BCUT2D eigenvalue weighted by Crippen LogP contribution is -2.04. The molecule has 0 aliphatic rings. The Bertz CT molecular complexity index is 769. The number of rotatable bonds is 1. The van der Waals surface area contributed by atoms with E-state index in [1.165, 1.54) is 0 Å². The highest BCUT2D eigenvalue weighted by molar-refractivity contribution is 5.69. The minimum absolute atomic E-state index is 0.145. The van der Waals surface area contributed by atoms with E-state index in [0.29, 0.717) is 0 Å². The third kappa shape index (κ3) is 2.30. The molecular formula is C14H3F5N2.